The molecule has 2 amide bonds. The molecule has 1 aliphatic heterocycles. The van der Waals surface area contributed by atoms with E-state index in [0.29, 0.717) is 18.6 Å². The Kier molecular flexibility index (Phi) is 6.21. The van der Waals surface area contributed by atoms with Crippen LogP contribution in [-0.2, 0) is 9.59 Å². The molecule has 2 heterocycles. The van der Waals surface area contributed by atoms with Crippen LogP contribution in [0.25, 0.3) is 0 Å². The van der Waals surface area contributed by atoms with Crippen molar-refractivity contribution in [2.75, 3.05) is 25.0 Å². The maximum atomic E-state index is 12.1. The lowest BCUT2D eigenvalue weighted by Crippen LogP contribution is -2.40. The summed E-state index contributed by atoms with van der Waals surface area (Å²) in [6, 6.07) is 1.16. The van der Waals surface area contributed by atoms with Gasteiger partial charge in [-0.15, -0.1) is 0 Å². The average Bonchev–Trinajstić information content (AvgIpc) is 3.00. The summed E-state index contributed by atoms with van der Waals surface area (Å²) >= 11 is 0. The summed E-state index contributed by atoms with van der Waals surface area (Å²) in [7, 11) is 0. The molecule has 21 heavy (non-hydrogen) atoms. The van der Waals surface area contributed by atoms with Crippen LogP contribution in [0.4, 0.5) is 5.82 Å². The number of anilines is 1. The Morgan fingerprint density at radius 2 is 2.24 bits per heavy atom. The van der Waals surface area contributed by atoms with E-state index >= 15 is 0 Å². The SMILES string of the molecule is O=CNC(CCCN1CCCCC1)C(=O)Nc1cc[nH]n1. The fraction of sp³-hybridized carbons (Fsp3) is 0.643. The van der Waals surface area contributed by atoms with Crippen LogP contribution in [0.1, 0.15) is 32.1 Å². The van der Waals surface area contributed by atoms with Crippen LogP contribution in [0.15, 0.2) is 12.3 Å². The molecule has 0 aromatic carbocycles. The van der Waals surface area contributed by atoms with Crippen molar-refractivity contribution in [3.05, 3.63) is 12.3 Å². The molecule has 0 bridgehead atoms. The lowest BCUT2D eigenvalue weighted by Gasteiger charge is -2.26. The summed E-state index contributed by atoms with van der Waals surface area (Å²) in [6.07, 6.45) is 7.57. The molecule has 7 heteroatoms. The van der Waals surface area contributed by atoms with Gasteiger partial charge in [0.25, 0.3) is 0 Å². The maximum Gasteiger partial charge on any atom is 0.248 e. The largest absolute Gasteiger partial charge is 0.347 e. The number of carbonyl (C=O) groups excluding carboxylic acids is 2. The normalized spacial score (nSPS) is 17.1. The third-order valence-electron chi connectivity index (χ3n) is 3.75. The number of hydrogen-bond donors (Lipinski definition) is 3. The van der Waals surface area contributed by atoms with Crippen LogP contribution in [-0.4, -0.2) is 53.1 Å². The van der Waals surface area contributed by atoms with Crippen molar-refractivity contribution >= 4 is 18.1 Å². The number of rotatable bonds is 8. The number of amides is 2. The highest BCUT2D eigenvalue weighted by Gasteiger charge is 2.19. The van der Waals surface area contributed by atoms with Crippen molar-refractivity contribution in [2.24, 2.45) is 0 Å². The van der Waals surface area contributed by atoms with E-state index in [-0.39, 0.29) is 5.91 Å². The first kappa shape index (κ1) is 15.5. The van der Waals surface area contributed by atoms with Gasteiger partial charge in [-0.05, 0) is 45.3 Å². The van der Waals surface area contributed by atoms with E-state index in [2.05, 4.69) is 25.7 Å². The zero-order valence-corrected chi connectivity index (χ0v) is 12.2. The molecule has 7 nitrogen and oxygen atoms in total. The van der Waals surface area contributed by atoms with Crippen LogP contribution in [0, 0.1) is 0 Å². The van der Waals surface area contributed by atoms with E-state index in [4.69, 9.17) is 0 Å². The number of H-pyrrole nitrogens is 1. The lowest BCUT2D eigenvalue weighted by molar-refractivity contribution is -0.121. The Bertz CT molecular complexity index is 429. The molecule has 1 unspecified atom stereocenters. The van der Waals surface area contributed by atoms with Crippen LogP contribution in [0.2, 0.25) is 0 Å². The lowest BCUT2D eigenvalue weighted by atomic mass is 10.1. The summed E-state index contributed by atoms with van der Waals surface area (Å²) in [5.74, 6) is 0.238. The van der Waals surface area contributed by atoms with Crippen molar-refractivity contribution in [3.63, 3.8) is 0 Å². The first-order valence-electron chi connectivity index (χ1n) is 7.52. The molecular formula is C14H23N5O2. The number of likely N-dealkylation sites (tertiary alicyclic amines) is 1. The maximum absolute atomic E-state index is 12.1. The average molecular weight is 293 g/mol. The number of carbonyl (C=O) groups is 2. The van der Waals surface area contributed by atoms with Crippen LogP contribution in [0.3, 0.4) is 0 Å². The zero-order valence-electron chi connectivity index (χ0n) is 12.2. The molecule has 1 fully saturated rings. The Morgan fingerprint density at radius 1 is 1.43 bits per heavy atom. The zero-order chi connectivity index (χ0) is 14.9. The van der Waals surface area contributed by atoms with E-state index in [1.54, 1.807) is 12.3 Å². The predicted octanol–water partition coefficient (Wildman–Crippen LogP) is 0.729. The molecule has 2 rings (SSSR count). The Hall–Kier alpha value is -1.89. The number of aromatic amines is 1. The standard InChI is InChI=1S/C14H23N5O2/c20-11-15-12(14(21)17-13-6-7-16-18-13)5-4-10-19-8-2-1-3-9-19/h6-7,11-12H,1-5,8-10H2,(H,15,20)(H2,16,17,18,21). The van der Waals surface area contributed by atoms with Gasteiger partial charge < -0.3 is 15.5 Å². The minimum Gasteiger partial charge on any atom is -0.347 e. The quantitative estimate of drug-likeness (QED) is 0.616. The van der Waals surface area contributed by atoms with Gasteiger partial charge >= 0.3 is 0 Å². The van der Waals surface area contributed by atoms with Gasteiger partial charge in [0.15, 0.2) is 5.82 Å². The molecular weight excluding hydrogens is 270 g/mol. The van der Waals surface area contributed by atoms with Crippen molar-refractivity contribution < 1.29 is 9.59 Å². The predicted molar refractivity (Wildman–Crippen MR) is 79.7 cm³/mol. The molecule has 1 saturated heterocycles. The molecule has 3 N–H and O–H groups in total. The first-order valence-corrected chi connectivity index (χ1v) is 7.52. The summed E-state index contributed by atoms with van der Waals surface area (Å²) in [6.45, 7) is 3.27. The molecule has 1 aliphatic rings. The minimum atomic E-state index is -0.510. The second-order valence-corrected chi connectivity index (χ2v) is 5.33. The number of hydrogen-bond acceptors (Lipinski definition) is 4. The fourth-order valence-electron chi connectivity index (χ4n) is 2.62. The highest BCUT2D eigenvalue weighted by molar-refractivity contribution is 5.94. The van der Waals surface area contributed by atoms with Gasteiger partial charge in [-0.3, -0.25) is 14.7 Å². The van der Waals surface area contributed by atoms with E-state index in [1.807, 2.05) is 0 Å². The summed E-state index contributed by atoms with van der Waals surface area (Å²) in [5, 5.41) is 11.8. The highest BCUT2D eigenvalue weighted by atomic mass is 16.2. The molecule has 1 atom stereocenters. The molecule has 0 aliphatic carbocycles. The van der Waals surface area contributed by atoms with Crippen LogP contribution in [0.5, 0.6) is 0 Å². The summed E-state index contributed by atoms with van der Waals surface area (Å²) < 4.78 is 0. The van der Waals surface area contributed by atoms with Crippen molar-refractivity contribution in [3.8, 4) is 0 Å². The molecule has 0 radical (unpaired) electrons. The molecule has 1 aromatic heterocycles. The molecule has 0 spiro atoms. The van der Waals surface area contributed by atoms with Gasteiger partial charge in [0.1, 0.15) is 6.04 Å². The van der Waals surface area contributed by atoms with Gasteiger partial charge in [-0.1, -0.05) is 6.42 Å². The summed E-state index contributed by atoms with van der Waals surface area (Å²) in [5.41, 5.74) is 0. The number of nitrogens with one attached hydrogen (secondary N) is 3. The van der Waals surface area contributed by atoms with Crippen molar-refractivity contribution in [2.45, 2.75) is 38.1 Å². The van der Waals surface area contributed by atoms with E-state index in [9.17, 15) is 9.59 Å². The number of aromatic nitrogens is 2. The van der Waals surface area contributed by atoms with Gasteiger partial charge in [0.05, 0.1) is 0 Å². The van der Waals surface area contributed by atoms with E-state index < -0.39 is 6.04 Å². The molecule has 116 valence electrons. The molecule has 1 aromatic rings. The minimum absolute atomic E-state index is 0.229. The number of nitrogens with zero attached hydrogens (tertiary/aromatic N) is 2. The van der Waals surface area contributed by atoms with E-state index in [1.165, 1.54) is 19.3 Å². The summed E-state index contributed by atoms with van der Waals surface area (Å²) in [4.78, 5) is 25.2. The second-order valence-electron chi connectivity index (χ2n) is 5.33. The third kappa shape index (κ3) is 5.18. The topological polar surface area (TPSA) is 90.1 Å². The van der Waals surface area contributed by atoms with E-state index in [0.717, 1.165) is 26.1 Å². The second kappa shape index (κ2) is 8.41. The van der Waals surface area contributed by atoms with Gasteiger partial charge in [0.2, 0.25) is 12.3 Å². The van der Waals surface area contributed by atoms with Crippen molar-refractivity contribution in [1.82, 2.24) is 20.4 Å². The Balaban J connectivity index is 1.75. The van der Waals surface area contributed by atoms with Gasteiger partial charge in [-0.25, -0.2) is 0 Å². The third-order valence-corrected chi connectivity index (χ3v) is 3.75. The monoisotopic (exact) mass is 293 g/mol. The molecule has 0 saturated carbocycles. The van der Waals surface area contributed by atoms with Gasteiger partial charge in [-0.2, -0.15) is 5.10 Å². The van der Waals surface area contributed by atoms with Crippen molar-refractivity contribution in [1.29, 1.82) is 0 Å². The van der Waals surface area contributed by atoms with Crippen LogP contribution >= 0.6 is 0 Å². The smallest absolute Gasteiger partial charge is 0.248 e. The fourth-order valence-corrected chi connectivity index (χ4v) is 2.62. The Labute approximate surface area is 124 Å². The highest BCUT2D eigenvalue weighted by Crippen LogP contribution is 2.10. The number of piperidine rings is 1. The Morgan fingerprint density at radius 3 is 2.90 bits per heavy atom. The first-order chi connectivity index (χ1) is 10.3. The van der Waals surface area contributed by atoms with Crippen LogP contribution < -0.4 is 10.6 Å². The van der Waals surface area contributed by atoms with Gasteiger partial charge in [0, 0.05) is 12.3 Å².